The van der Waals surface area contributed by atoms with Crippen molar-refractivity contribution < 1.29 is 4.74 Å². The number of methoxy groups -OCH3 is 1. The Morgan fingerprint density at radius 3 is 2.92 bits per heavy atom. The third-order valence-corrected chi connectivity index (χ3v) is 5.30. The van der Waals surface area contributed by atoms with Crippen molar-refractivity contribution >= 4 is 19.4 Å². The molecule has 0 bridgehead atoms. The SMILES string of the molecule is COc1cc(C)c2c(c1)CC(C)[Se]2. The van der Waals surface area contributed by atoms with Gasteiger partial charge in [0.1, 0.15) is 0 Å². The zero-order valence-electron chi connectivity index (χ0n) is 8.26. The Bertz CT molecular complexity index is 333. The first-order valence-corrected chi connectivity index (χ1v) is 6.39. The molecule has 2 rings (SSSR count). The number of aryl methyl sites for hydroxylation is 1. The number of rotatable bonds is 1. The minimum atomic E-state index is 0.686. The van der Waals surface area contributed by atoms with Gasteiger partial charge in [-0.05, 0) is 0 Å². The van der Waals surface area contributed by atoms with E-state index in [9.17, 15) is 0 Å². The van der Waals surface area contributed by atoms with E-state index in [1.54, 1.807) is 11.6 Å². The summed E-state index contributed by atoms with van der Waals surface area (Å²) in [6, 6.07) is 4.35. The summed E-state index contributed by atoms with van der Waals surface area (Å²) in [4.78, 5) is 0.869. The van der Waals surface area contributed by atoms with Crippen LogP contribution in [0.2, 0.25) is 4.82 Å². The zero-order valence-corrected chi connectivity index (χ0v) is 9.97. The molecular weight excluding hydrogens is 227 g/mol. The fraction of sp³-hybridized carbons (Fsp3) is 0.455. The van der Waals surface area contributed by atoms with Gasteiger partial charge in [-0.25, -0.2) is 0 Å². The van der Waals surface area contributed by atoms with Crippen LogP contribution in [0, 0.1) is 6.92 Å². The van der Waals surface area contributed by atoms with Gasteiger partial charge in [-0.15, -0.1) is 0 Å². The normalized spacial score (nSPS) is 20.1. The van der Waals surface area contributed by atoms with Gasteiger partial charge in [0.05, 0.1) is 0 Å². The molecule has 0 saturated heterocycles. The molecule has 0 aliphatic carbocycles. The van der Waals surface area contributed by atoms with E-state index in [1.165, 1.54) is 17.5 Å². The van der Waals surface area contributed by atoms with Crippen molar-refractivity contribution in [2.75, 3.05) is 7.11 Å². The van der Waals surface area contributed by atoms with Gasteiger partial charge in [0.15, 0.2) is 0 Å². The molecule has 0 spiro atoms. The Morgan fingerprint density at radius 1 is 1.46 bits per heavy atom. The zero-order chi connectivity index (χ0) is 9.42. The first-order valence-electron chi connectivity index (χ1n) is 4.55. The molecule has 0 fully saturated rings. The average molecular weight is 241 g/mol. The molecule has 0 saturated carbocycles. The van der Waals surface area contributed by atoms with Crippen LogP contribution in [0.4, 0.5) is 0 Å². The van der Waals surface area contributed by atoms with Crippen LogP contribution in [0.3, 0.4) is 0 Å². The van der Waals surface area contributed by atoms with Gasteiger partial charge in [-0.2, -0.15) is 0 Å². The Labute approximate surface area is 85.6 Å². The molecule has 1 nitrogen and oxygen atoms in total. The molecule has 1 heterocycles. The molecule has 1 aromatic rings. The molecule has 1 aromatic carbocycles. The van der Waals surface area contributed by atoms with E-state index in [4.69, 9.17) is 4.74 Å². The predicted octanol–water partition coefficient (Wildman–Crippen LogP) is 1.70. The minimum absolute atomic E-state index is 0.686. The van der Waals surface area contributed by atoms with Gasteiger partial charge in [-0.1, -0.05) is 0 Å². The van der Waals surface area contributed by atoms with Crippen molar-refractivity contribution in [2.24, 2.45) is 0 Å². The molecule has 0 aromatic heterocycles. The second-order valence-corrected chi connectivity index (χ2v) is 6.60. The first kappa shape index (κ1) is 9.11. The number of benzene rings is 1. The molecule has 70 valence electrons. The number of fused-ring (bicyclic) bond motifs is 1. The van der Waals surface area contributed by atoms with E-state index < -0.39 is 0 Å². The predicted molar refractivity (Wildman–Crippen MR) is 56.2 cm³/mol. The summed E-state index contributed by atoms with van der Waals surface area (Å²) >= 11 is 0.686. The Morgan fingerprint density at radius 2 is 2.23 bits per heavy atom. The second-order valence-electron chi connectivity index (χ2n) is 3.57. The van der Waals surface area contributed by atoms with Crippen LogP contribution in [0.25, 0.3) is 0 Å². The van der Waals surface area contributed by atoms with Gasteiger partial charge in [0.25, 0.3) is 0 Å². The van der Waals surface area contributed by atoms with Gasteiger partial charge >= 0.3 is 85.4 Å². The van der Waals surface area contributed by atoms with Crippen molar-refractivity contribution in [2.45, 2.75) is 25.1 Å². The molecule has 1 aliphatic rings. The molecule has 2 heteroatoms. The molecule has 1 atom stereocenters. The first-order chi connectivity index (χ1) is 6.20. The van der Waals surface area contributed by atoms with Crippen LogP contribution in [-0.4, -0.2) is 22.1 Å². The van der Waals surface area contributed by atoms with Crippen LogP contribution in [0.1, 0.15) is 18.1 Å². The molecular formula is C11H14OSe. The van der Waals surface area contributed by atoms with Crippen molar-refractivity contribution in [1.29, 1.82) is 0 Å². The Hall–Kier alpha value is -0.461. The molecule has 13 heavy (non-hydrogen) atoms. The fourth-order valence-electron chi connectivity index (χ4n) is 1.80. The maximum absolute atomic E-state index is 5.26. The van der Waals surface area contributed by atoms with E-state index in [2.05, 4.69) is 26.0 Å². The van der Waals surface area contributed by atoms with Crippen molar-refractivity contribution in [1.82, 2.24) is 0 Å². The van der Waals surface area contributed by atoms with Crippen LogP contribution in [-0.2, 0) is 6.42 Å². The maximum atomic E-state index is 5.26. The number of ether oxygens (including phenoxy) is 1. The summed E-state index contributed by atoms with van der Waals surface area (Å²) < 4.78 is 6.87. The van der Waals surface area contributed by atoms with Crippen LogP contribution < -0.4 is 9.20 Å². The second kappa shape index (κ2) is 3.36. The van der Waals surface area contributed by atoms with Gasteiger partial charge in [-0.3, -0.25) is 0 Å². The quantitative estimate of drug-likeness (QED) is 0.680. The summed E-state index contributed by atoms with van der Waals surface area (Å²) in [5, 5.41) is 0. The van der Waals surface area contributed by atoms with E-state index in [1.807, 2.05) is 0 Å². The molecule has 0 amide bonds. The van der Waals surface area contributed by atoms with E-state index in [0.29, 0.717) is 15.0 Å². The summed E-state index contributed by atoms with van der Waals surface area (Å²) in [6.45, 7) is 4.53. The third-order valence-electron chi connectivity index (χ3n) is 2.39. The average Bonchev–Trinajstić information content (AvgIpc) is 2.46. The van der Waals surface area contributed by atoms with Gasteiger partial charge in [0.2, 0.25) is 0 Å². The topological polar surface area (TPSA) is 9.23 Å². The van der Waals surface area contributed by atoms with Crippen LogP contribution >= 0.6 is 0 Å². The standard InChI is InChI=1S/C11H14OSe/c1-7-4-10(12-3)6-9-5-8(2)13-11(7)9/h4,6,8H,5H2,1-3H3. The van der Waals surface area contributed by atoms with Gasteiger partial charge in [0, 0.05) is 0 Å². The molecule has 0 radical (unpaired) electrons. The van der Waals surface area contributed by atoms with Crippen LogP contribution in [0.5, 0.6) is 5.75 Å². The molecule has 0 N–H and O–H groups in total. The summed E-state index contributed by atoms with van der Waals surface area (Å²) in [6.07, 6.45) is 1.24. The van der Waals surface area contributed by atoms with Crippen molar-refractivity contribution in [3.05, 3.63) is 23.3 Å². The summed E-state index contributed by atoms with van der Waals surface area (Å²) in [5.74, 6) is 1.01. The van der Waals surface area contributed by atoms with Crippen LogP contribution in [0.15, 0.2) is 12.1 Å². The number of hydrogen-bond acceptors (Lipinski definition) is 1. The fourth-order valence-corrected chi connectivity index (χ4v) is 4.33. The van der Waals surface area contributed by atoms with Crippen molar-refractivity contribution in [3.8, 4) is 5.75 Å². The summed E-state index contributed by atoms with van der Waals surface area (Å²) in [7, 11) is 1.74. The van der Waals surface area contributed by atoms with Crippen molar-refractivity contribution in [3.63, 3.8) is 0 Å². The van der Waals surface area contributed by atoms with E-state index >= 15 is 0 Å². The third kappa shape index (κ3) is 1.61. The molecule has 1 unspecified atom stereocenters. The van der Waals surface area contributed by atoms with E-state index in [0.717, 1.165) is 10.6 Å². The Kier molecular flexibility index (Phi) is 2.35. The number of hydrogen-bond donors (Lipinski definition) is 0. The monoisotopic (exact) mass is 242 g/mol. The molecule has 1 aliphatic heterocycles. The summed E-state index contributed by atoms with van der Waals surface area (Å²) in [5.41, 5.74) is 2.93. The van der Waals surface area contributed by atoms with E-state index in [-0.39, 0.29) is 0 Å². The Balaban J connectivity index is 2.46. The van der Waals surface area contributed by atoms with Gasteiger partial charge < -0.3 is 0 Å².